The highest BCUT2D eigenvalue weighted by atomic mass is 16.3. The van der Waals surface area contributed by atoms with Gasteiger partial charge in [0.25, 0.3) is 6.71 Å². The number of benzene rings is 13. The Balaban J connectivity index is 0.901. The highest BCUT2D eigenvalue weighted by Crippen LogP contribution is 2.53. The monoisotopic (exact) mass is 1400 g/mol. The van der Waals surface area contributed by atoms with E-state index in [1.165, 1.54) is 115 Å². The average Bonchev–Trinajstić information content (AvgIpc) is 0.715. The molecule has 0 saturated heterocycles. The van der Waals surface area contributed by atoms with Crippen LogP contribution in [0.5, 0.6) is 0 Å². The van der Waals surface area contributed by atoms with Gasteiger partial charge in [-0.1, -0.05) is 232 Å². The van der Waals surface area contributed by atoms with Gasteiger partial charge in [-0.15, -0.1) is 0 Å². The molecule has 0 saturated carbocycles. The van der Waals surface area contributed by atoms with Crippen molar-refractivity contribution >= 4 is 145 Å². The van der Waals surface area contributed by atoms with Gasteiger partial charge in [0.15, 0.2) is 0 Å². The third-order valence-electron chi connectivity index (χ3n) is 24.8. The fraction of sp³-hybridized carbons (Fsp3) is 0.228. The zero-order chi connectivity index (χ0) is 74.4. The van der Waals surface area contributed by atoms with Gasteiger partial charge in [0.2, 0.25) is 0 Å². The number of aromatic nitrogens is 3. The van der Waals surface area contributed by atoms with E-state index in [4.69, 9.17) is 4.42 Å². The molecule has 0 radical (unpaired) electrons. The van der Waals surface area contributed by atoms with Crippen LogP contribution in [-0.4, -0.2) is 20.4 Å². The number of anilines is 6. The van der Waals surface area contributed by atoms with E-state index in [0.717, 1.165) is 90.6 Å². The van der Waals surface area contributed by atoms with Crippen LogP contribution < -0.4 is 26.2 Å². The van der Waals surface area contributed by atoms with E-state index in [0.29, 0.717) is 0 Å². The third kappa shape index (κ3) is 9.91. The lowest BCUT2D eigenvalue weighted by Gasteiger charge is -2.44. The summed E-state index contributed by atoms with van der Waals surface area (Å²) in [5, 5.41) is 9.68. The molecule has 2 aliphatic heterocycles. The van der Waals surface area contributed by atoms with Crippen LogP contribution in [0.15, 0.2) is 259 Å². The van der Waals surface area contributed by atoms with Crippen LogP contribution in [0, 0.1) is 0 Å². The van der Waals surface area contributed by atoms with Gasteiger partial charge in [-0.05, 0) is 227 Å². The minimum absolute atomic E-state index is 0.0486. The molecule has 6 nitrogen and oxygen atoms in total. The molecule has 17 aromatic rings. The normalized spacial score (nSPS) is 14.9. The first-order valence-corrected chi connectivity index (χ1v) is 38.9. The van der Waals surface area contributed by atoms with Crippen molar-refractivity contribution in [3.8, 4) is 28.2 Å². The van der Waals surface area contributed by atoms with Crippen molar-refractivity contribution in [2.24, 2.45) is 0 Å². The second kappa shape index (κ2) is 22.7. The summed E-state index contributed by atoms with van der Waals surface area (Å²) in [5.74, 6) is 0. The molecule has 0 atom stereocenters. The Kier molecular flexibility index (Phi) is 13.9. The Labute approximate surface area is 634 Å². The summed E-state index contributed by atoms with van der Waals surface area (Å²) >= 11 is 0. The van der Waals surface area contributed by atoms with Crippen molar-refractivity contribution in [3.63, 3.8) is 0 Å². The first kappa shape index (κ1) is 66.2. The molecule has 0 bridgehead atoms. The van der Waals surface area contributed by atoms with Gasteiger partial charge in [-0.3, -0.25) is 0 Å². The zero-order valence-corrected chi connectivity index (χ0v) is 65.2. The van der Waals surface area contributed by atoms with Crippen LogP contribution in [-0.2, 0) is 32.5 Å². The zero-order valence-electron chi connectivity index (χ0n) is 65.2. The number of rotatable bonds is 6. The van der Waals surface area contributed by atoms with E-state index in [1.54, 1.807) is 0 Å². The smallest absolute Gasteiger partial charge is 0.252 e. The fourth-order valence-electron chi connectivity index (χ4n) is 19.4. The lowest BCUT2D eigenvalue weighted by atomic mass is 9.33. The van der Waals surface area contributed by atoms with Crippen molar-refractivity contribution in [3.05, 3.63) is 288 Å². The van der Waals surface area contributed by atoms with Crippen LogP contribution in [0.1, 0.15) is 151 Å². The van der Waals surface area contributed by atoms with Crippen molar-refractivity contribution in [1.82, 2.24) is 13.7 Å². The third-order valence-corrected chi connectivity index (χ3v) is 24.8. The molecule has 0 fully saturated rings. The summed E-state index contributed by atoms with van der Waals surface area (Å²) in [5.41, 5.74) is 32.9. The van der Waals surface area contributed by atoms with Crippen molar-refractivity contribution in [2.75, 3.05) is 9.80 Å². The SMILES string of the molecule is CC(C)(C)c1ccc2c(c1)c1cc(C(C)(C)C)ccc1n2-c1ccc2c(c1)N(c1ccc(-c3ccc4c(c3)C(C)(C)CC4(C)C)cc1)c1cc(-n3c4ccccc4c4ccccc43)cc3c1B2c1ccc(-n2c4ccc(C(C)(C)C)cc4c4cc(C(C)(C)C)ccc42)cc1N3c1ccc2c(c1)oc1ccccc12. The summed E-state index contributed by atoms with van der Waals surface area (Å²) < 4.78 is 14.6. The molecule has 7 heteroatoms. The maximum absolute atomic E-state index is 6.96. The molecule has 108 heavy (non-hydrogen) atoms. The molecule has 4 aromatic heterocycles. The van der Waals surface area contributed by atoms with Gasteiger partial charge in [-0.2, -0.15) is 0 Å². The van der Waals surface area contributed by atoms with Crippen molar-refractivity contribution in [2.45, 2.75) is 150 Å². The van der Waals surface area contributed by atoms with Gasteiger partial charge in [0.05, 0.1) is 38.8 Å². The first-order valence-electron chi connectivity index (χ1n) is 38.9. The lowest BCUT2D eigenvalue weighted by molar-refractivity contribution is 0.403. The highest BCUT2D eigenvalue weighted by Gasteiger charge is 2.46. The Bertz CT molecular complexity index is 6510. The van der Waals surface area contributed by atoms with Crippen LogP contribution in [0.3, 0.4) is 0 Å². The summed E-state index contributed by atoms with van der Waals surface area (Å²) in [6, 6.07) is 98.9. The maximum atomic E-state index is 6.96. The summed E-state index contributed by atoms with van der Waals surface area (Å²) in [6.07, 6.45) is 1.12. The maximum Gasteiger partial charge on any atom is 0.252 e. The minimum atomic E-state index is -0.222. The molecule has 530 valence electrons. The molecule has 0 unspecified atom stereocenters. The second-order valence-corrected chi connectivity index (χ2v) is 37.0. The van der Waals surface area contributed by atoms with Crippen LogP contribution >= 0.6 is 0 Å². The molecule has 20 rings (SSSR count). The van der Waals surface area contributed by atoms with Gasteiger partial charge in [0.1, 0.15) is 11.2 Å². The Morgan fingerprint density at radius 3 is 1.15 bits per heavy atom. The highest BCUT2D eigenvalue weighted by molar-refractivity contribution is 7.00. The van der Waals surface area contributed by atoms with Crippen LogP contribution in [0.4, 0.5) is 34.1 Å². The largest absolute Gasteiger partial charge is 0.456 e. The van der Waals surface area contributed by atoms with E-state index < -0.39 is 0 Å². The molecular weight excluding hydrogens is 1310 g/mol. The Morgan fingerprint density at radius 1 is 0.287 bits per heavy atom. The lowest BCUT2D eigenvalue weighted by Crippen LogP contribution is -2.61. The van der Waals surface area contributed by atoms with Crippen LogP contribution in [0.25, 0.3) is 116 Å². The predicted molar refractivity (Wildman–Crippen MR) is 462 cm³/mol. The molecular formula is C101H92BN5O. The number of nitrogens with zero attached hydrogens (tertiary/aromatic N) is 5. The number of para-hydroxylation sites is 3. The standard InChI is InChI=1S/C101H92BN5O/c1-96(2,3)62-32-45-85-75(50-62)76-51-63(97(4,5)6)33-46-86(76)104(85)67-39-43-81-89(54-67)103(66-36-29-60(30-37-66)61-31-42-79-80(49-61)101(15,16)59-100(79,13)14)91-56-70(107-83-26-20-17-23-71(83)72-24-18-21-27-84(72)107)57-92-95(91)102(81)82-44-40-68(55-90(82)106(92)69-38-41-74-73-25-19-22-28-93(73)108-94(74)58-69)105-87-47-34-64(98(7,8)9)52-77(87)78-53-65(99(10,11)12)35-48-88(78)105/h17-58H,59H2,1-16H3. The summed E-state index contributed by atoms with van der Waals surface area (Å²) in [7, 11) is 0. The number of fused-ring (bicyclic) bond motifs is 17. The molecule has 3 aliphatic rings. The second-order valence-electron chi connectivity index (χ2n) is 37.0. The van der Waals surface area contributed by atoms with E-state index in [-0.39, 0.29) is 39.2 Å². The minimum Gasteiger partial charge on any atom is -0.456 e. The van der Waals surface area contributed by atoms with Gasteiger partial charge in [0, 0.05) is 94.7 Å². The van der Waals surface area contributed by atoms with E-state index in [9.17, 15) is 0 Å². The quantitative estimate of drug-likeness (QED) is 0.156. The van der Waals surface area contributed by atoms with Crippen LogP contribution in [0.2, 0.25) is 0 Å². The number of furan rings is 1. The molecule has 13 aromatic carbocycles. The molecule has 0 spiro atoms. The predicted octanol–water partition coefficient (Wildman–Crippen LogP) is 25.8. The average molecular weight is 1400 g/mol. The van der Waals surface area contributed by atoms with Crippen molar-refractivity contribution in [1.29, 1.82) is 0 Å². The van der Waals surface area contributed by atoms with Gasteiger partial charge in [-0.25, -0.2) is 0 Å². The van der Waals surface area contributed by atoms with Crippen molar-refractivity contribution < 1.29 is 4.42 Å². The fourth-order valence-corrected chi connectivity index (χ4v) is 19.4. The molecule has 0 N–H and O–H groups in total. The Morgan fingerprint density at radius 2 is 0.667 bits per heavy atom. The number of hydrogen-bond acceptors (Lipinski definition) is 3. The Hall–Kier alpha value is -11.3. The topological polar surface area (TPSA) is 34.4 Å². The first-order chi connectivity index (χ1) is 51.5. The van der Waals surface area contributed by atoms with E-state index >= 15 is 0 Å². The van der Waals surface area contributed by atoms with Gasteiger partial charge < -0.3 is 27.9 Å². The summed E-state index contributed by atoms with van der Waals surface area (Å²) in [6.45, 7) is 37.4. The molecule has 6 heterocycles. The van der Waals surface area contributed by atoms with E-state index in [2.05, 4.69) is 389 Å². The summed E-state index contributed by atoms with van der Waals surface area (Å²) in [4.78, 5) is 5.22. The van der Waals surface area contributed by atoms with E-state index in [1.807, 2.05) is 0 Å². The van der Waals surface area contributed by atoms with Gasteiger partial charge >= 0.3 is 0 Å². The molecule has 0 amide bonds. The number of hydrogen-bond donors (Lipinski definition) is 0. The molecule has 1 aliphatic carbocycles.